The number of piperidine rings is 1. The number of carbonyl (C=O) groups excluding carboxylic acids is 4. The molecule has 41 heavy (non-hydrogen) atoms. The second-order valence-corrected chi connectivity index (χ2v) is 14.7. The number of amides is 4. The van der Waals surface area contributed by atoms with Crippen LogP contribution in [0.25, 0.3) is 0 Å². The Labute approximate surface area is 238 Å². The summed E-state index contributed by atoms with van der Waals surface area (Å²) in [5.41, 5.74) is -3.84. The van der Waals surface area contributed by atoms with Gasteiger partial charge in [0.25, 0.3) is 0 Å². The van der Waals surface area contributed by atoms with E-state index >= 15 is 0 Å². The summed E-state index contributed by atoms with van der Waals surface area (Å²) < 4.78 is 41.6. The lowest BCUT2D eigenvalue weighted by Gasteiger charge is -2.44. The molecule has 5 rings (SSSR count). The number of nitrogens with one attached hydrogen (secondary N) is 3. The van der Waals surface area contributed by atoms with E-state index in [0.29, 0.717) is 6.42 Å². The number of carbonyl (C=O) groups is 4. The van der Waals surface area contributed by atoms with Crippen molar-refractivity contribution in [1.82, 2.24) is 20.9 Å². The molecule has 3 saturated carbocycles. The number of fused-ring (bicyclic) bond motifs is 1. The van der Waals surface area contributed by atoms with E-state index < -0.39 is 52.9 Å². The van der Waals surface area contributed by atoms with Crippen LogP contribution in [0.5, 0.6) is 0 Å². The molecule has 2 aliphatic heterocycles. The molecule has 9 nitrogen and oxygen atoms in total. The van der Waals surface area contributed by atoms with Crippen LogP contribution in [0.2, 0.25) is 0 Å². The molecule has 5 aliphatic rings. The van der Waals surface area contributed by atoms with Crippen LogP contribution in [-0.2, 0) is 19.2 Å². The van der Waals surface area contributed by atoms with Gasteiger partial charge in [-0.05, 0) is 61.2 Å². The summed E-state index contributed by atoms with van der Waals surface area (Å²) in [6.45, 7) is 9.22. The zero-order valence-corrected chi connectivity index (χ0v) is 24.3. The minimum Gasteiger partial charge on any atom is -0.350 e. The zero-order chi connectivity index (χ0) is 30.3. The molecular formula is C29H40F3N5O4. The molecule has 2 heterocycles. The molecule has 6 atom stereocenters. The molecule has 4 amide bonds. The minimum absolute atomic E-state index is 0.00235. The summed E-state index contributed by atoms with van der Waals surface area (Å²) in [5, 5.41) is 18.0. The maximum Gasteiger partial charge on any atom is 0.403 e. The van der Waals surface area contributed by atoms with Crippen molar-refractivity contribution in [3.05, 3.63) is 0 Å². The minimum atomic E-state index is -4.73. The summed E-state index contributed by atoms with van der Waals surface area (Å²) in [5.74, 6) is -3.03. The standard InChI is InChI=1S/C29H40F3N5O4/c1-25(2,3)20(35-24(41)28(7-6-8-28)29(30,31)32)23(40)37-14-17-18(26(17,4)5)19(37)22(39)34-16(13-33)11-15-12-27(9-10-27)36-21(15)38/h15-20H,6-12,14H2,1-5H3,(H,34,39)(H,35,41)(H,36,38)/t15-,16+,17+,18?,19+,20-/m1/s1. The first kappa shape index (κ1) is 29.6. The van der Waals surface area contributed by atoms with Gasteiger partial charge in [-0.25, -0.2) is 0 Å². The van der Waals surface area contributed by atoms with Gasteiger partial charge in [0, 0.05) is 18.0 Å². The van der Waals surface area contributed by atoms with E-state index in [0.717, 1.165) is 12.8 Å². The molecule has 0 bridgehead atoms. The fourth-order valence-electron chi connectivity index (χ4n) is 7.40. The Balaban J connectivity index is 1.33. The van der Waals surface area contributed by atoms with Crippen LogP contribution in [0, 0.1) is 45.3 Å². The van der Waals surface area contributed by atoms with Crippen molar-refractivity contribution in [2.75, 3.05) is 6.54 Å². The third kappa shape index (κ3) is 4.87. The van der Waals surface area contributed by atoms with Gasteiger partial charge in [-0.2, -0.15) is 18.4 Å². The van der Waals surface area contributed by atoms with Crippen molar-refractivity contribution in [3.8, 4) is 6.07 Å². The van der Waals surface area contributed by atoms with Crippen molar-refractivity contribution in [2.24, 2.45) is 34.0 Å². The number of alkyl halides is 3. The van der Waals surface area contributed by atoms with Crippen molar-refractivity contribution in [1.29, 1.82) is 5.26 Å². The van der Waals surface area contributed by atoms with Crippen LogP contribution in [0.15, 0.2) is 0 Å². The average molecular weight is 580 g/mol. The van der Waals surface area contributed by atoms with E-state index in [1.807, 2.05) is 13.8 Å². The first-order chi connectivity index (χ1) is 18.9. The Hall–Kier alpha value is -2.84. The van der Waals surface area contributed by atoms with Gasteiger partial charge in [0.2, 0.25) is 23.6 Å². The molecule has 1 spiro atoms. The van der Waals surface area contributed by atoms with Crippen LogP contribution in [-0.4, -0.2) is 64.9 Å². The molecule has 0 aromatic carbocycles. The summed E-state index contributed by atoms with van der Waals surface area (Å²) in [4.78, 5) is 54.5. The lowest BCUT2D eigenvalue weighted by Crippen LogP contribution is -2.63. The quantitative estimate of drug-likeness (QED) is 0.427. The van der Waals surface area contributed by atoms with Gasteiger partial charge in [-0.3, -0.25) is 19.2 Å². The molecule has 12 heteroatoms. The van der Waals surface area contributed by atoms with E-state index in [1.54, 1.807) is 20.8 Å². The fraction of sp³-hybridized carbons (Fsp3) is 0.828. The Kier molecular flexibility index (Phi) is 6.75. The average Bonchev–Trinajstić information content (AvgIpc) is 3.53. The smallest absolute Gasteiger partial charge is 0.350 e. The highest BCUT2D eigenvalue weighted by atomic mass is 19.4. The van der Waals surface area contributed by atoms with Crippen molar-refractivity contribution < 1.29 is 32.3 Å². The van der Waals surface area contributed by atoms with Crippen LogP contribution in [0.3, 0.4) is 0 Å². The molecule has 1 unspecified atom stereocenters. The van der Waals surface area contributed by atoms with Gasteiger partial charge >= 0.3 is 6.18 Å². The molecule has 0 aromatic rings. The van der Waals surface area contributed by atoms with Gasteiger partial charge in [-0.15, -0.1) is 0 Å². The summed E-state index contributed by atoms with van der Waals surface area (Å²) in [7, 11) is 0. The number of likely N-dealkylation sites (tertiary alicyclic amines) is 1. The first-order valence-electron chi connectivity index (χ1n) is 14.6. The van der Waals surface area contributed by atoms with Gasteiger partial charge in [0.05, 0.1) is 6.07 Å². The van der Waals surface area contributed by atoms with E-state index in [9.17, 15) is 37.6 Å². The van der Waals surface area contributed by atoms with Gasteiger partial charge in [0.1, 0.15) is 23.5 Å². The highest BCUT2D eigenvalue weighted by molar-refractivity contribution is 5.95. The highest BCUT2D eigenvalue weighted by Crippen LogP contribution is 2.65. The second kappa shape index (κ2) is 9.33. The number of hydrogen-bond donors (Lipinski definition) is 3. The van der Waals surface area contributed by atoms with E-state index in [2.05, 4.69) is 22.0 Å². The summed E-state index contributed by atoms with van der Waals surface area (Å²) in [6.07, 6.45) is -2.50. The summed E-state index contributed by atoms with van der Waals surface area (Å²) >= 11 is 0. The maximum absolute atomic E-state index is 14.0. The normalized spacial score (nSPS) is 31.7. The first-order valence-corrected chi connectivity index (χ1v) is 14.6. The molecule has 3 N–H and O–H groups in total. The second-order valence-electron chi connectivity index (χ2n) is 14.7. The van der Waals surface area contributed by atoms with Crippen molar-refractivity contribution >= 4 is 23.6 Å². The number of halogens is 3. The fourth-order valence-corrected chi connectivity index (χ4v) is 7.40. The van der Waals surface area contributed by atoms with Gasteiger partial charge in [0.15, 0.2) is 0 Å². The van der Waals surface area contributed by atoms with Gasteiger partial charge < -0.3 is 20.9 Å². The Bertz CT molecular complexity index is 1190. The van der Waals surface area contributed by atoms with Gasteiger partial charge in [-0.1, -0.05) is 41.0 Å². The zero-order valence-electron chi connectivity index (χ0n) is 24.3. The molecular weight excluding hydrogens is 539 g/mol. The largest absolute Gasteiger partial charge is 0.403 e. The number of rotatable bonds is 7. The third-order valence-electron chi connectivity index (χ3n) is 10.6. The van der Waals surface area contributed by atoms with Crippen molar-refractivity contribution in [3.63, 3.8) is 0 Å². The van der Waals surface area contributed by atoms with Crippen LogP contribution < -0.4 is 16.0 Å². The molecule has 0 radical (unpaired) electrons. The molecule has 3 aliphatic carbocycles. The Morgan fingerprint density at radius 1 is 1.12 bits per heavy atom. The Morgan fingerprint density at radius 2 is 1.76 bits per heavy atom. The topological polar surface area (TPSA) is 131 Å². The number of nitrogens with zero attached hydrogens (tertiary/aromatic N) is 2. The molecule has 226 valence electrons. The molecule has 0 aromatic heterocycles. The molecule has 5 fully saturated rings. The number of hydrogen-bond acceptors (Lipinski definition) is 5. The van der Waals surface area contributed by atoms with Crippen LogP contribution in [0.4, 0.5) is 13.2 Å². The van der Waals surface area contributed by atoms with E-state index in [1.165, 1.54) is 4.90 Å². The highest BCUT2D eigenvalue weighted by Gasteiger charge is 2.70. The predicted molar refractivity (Wildman–Crippen MR) is 140 cm³/mol. The maximum atomic E-state index is 14.0. The monoisotopic (exact) mass is 579 g/mol. The number of nitriles is 1. The van der Waals surface area contributed by atoms with Crippen molar-refractivity contribution in [2.45, 2.75) is 109 Å². The predicted octanol–water partition coefficient (Wildman–Crippen LogP) is 2.80. The van der Waals surface area contributed by atoms with E-state index in [-0.39, 0.29) is 66.8 Å². The lowest BCUT2D eigenvalue weighted by atomic mass is 9.67. The lowest BCUT2D eigenvalue weighted by molar-refractivity contribution is -0.243. The van der Waals surface area contributed by atoms with E-state index in [4.69, 9.17) is 0 Å². The summed E-state index contributed by atoms with van der Waals surface area (Å²) in [6, 6.07) is -1.07. The SMILES string of the molecule is CC(C)(C)[C@H](NC(=O)C1(C(F)(F)F)CCC1)C(=O)N1C[C@H]2C([C@H]1C(=O)N[C@H](C#N)C[C@@H]1CC3(CC3)NC1=O)C2(C)C. The van der Waals surface area contributed by atoms with Crippen LogP contribution >= 0.6 is 0 Å². The third-order valence-corrected chi connectivity index (χ3v) is 10.6. The molecule has 2 saturated heterocycles. The van der Waals surface area contributed by atoms with Crippen LogP contribution in [0.1, 0.15) is 79.6 Å². The Morgan fingerprint density at radius 3 is 2.22 bits per heavy atom.